The van der Waals surface area contributed by atoms with E-state index in [0.29, 0.717) is 41.2 Å². The Morgan fingerprint density at radius 2 is 2.07 bits per heavy atom. The quantitative estimate of drug-likeness (QED) is 0.697. The molecule has 4 rings (SSSR count). The molecule has 28 heavy (non-hydrogen) atoms. The number of phenols is 2. The number of halogens is 1. The fourth-order valence-corrected chi connectivity index (χ4v) is 3.43. The number of fused-ring (bicyclic) bond motifs is 1. The van der Waals surface area contributed by atoms with Crippen LogP contribution in [0.4, 0.5) is 0 Å². The summed E-state index contributed by atoms with van der Waals surface area (Å²) in [4.78, 5) is 14.6. The van der Waals surface area contributed by atoms with Crippen molar-refractivity contribution in [2.75, 3.05) is 13.7 Å². The Morgan fingerprint density at radius 1 is 1.25 bits per heavy atom. The first-order valence-corrected chi connectivity index (χ1v) is 8.98. The van der Waals surface area contributed by atoms with Gasteiger partial charge in [0.15, 0.2) is 5.76 Å². The predicted octanol–water partition coefficient (Wildman–Crippen LogP) is 3.61. The number of hydrogen-bond donors (Lipinski definition) is 2. The molecule has 1 amide bonds. The van der Waals surface area contributed by atoms with Crippen molar-refractivity contribution in [3.05, 3.63) is 58.2 Å². The number of methoxy groups -OCH3 is 1. The highest BCUT2D eigenvalue weighted by Crippen LogP contribution is 2.40. The number of nitrogens with zero attached hydrogens (tertiary/aromatic N) is 2. The summed E-state index contributed by atoms with van der Waals surface area (Å²) >= 11 is 5.97. The molecule has 0 saturated carbocycles. The lowest BCUT2D eigenvalue weighted by molar-refractivity contribution is 0.0734. The Kier molecular flexibility index (Phi) is 4.60. The summed E-state index contributed by atoms with van der Waals surface area (Å²) in [6, 6.07) is 9.53. The Bertz CT molecular complexity index is 1060. The molecule has 2 aromatic carbocycles. The van der Waals surface area contributed by atoms with Gasteiger partial charge in [-0.1, -0.05) is 22.8 Å². The fourth-order valence-electron chi connectivity index (χ4n) is 3.27. The maximum atomic E-state index is 12.9. The van der Waals surface area contributed by atoms with Gasteiger partial charge < -0.3 is 24.4 Å². The lowest BCUT2D eigenvalue weighted by Crippen LogP contribution is -2.35. The molecule has 0 bridgehead atoms. The van der Waals surface area contributed by atoms with Gasteiger partial charge in [0.1, 0.15) is 17.2 Å². The van der Waals surface area contributed by atoms with Gasteiger partial charge in [-0.15, -0.1) is 0 Å². The van der Waals surface area contributed by atoms with E-state index in [-0.39, 0.29) is 29.0 Å². The molecule has 1 aliphatic rings. The monoisotopic (exact) mass is 400 g/mol. The van der Waals surface area contributed by atoms with E-state index in [1.165, 1.54) is 6.07 Å². The average Bonchev–Trinajstić information content (AvgIpc) is 3.13. The van der Waals surface area contributed by atoms with Crippen LogP contribution < -0.4 is 4.74 Å². The van der Waals surface area contributed by atoms with Gasteiger partial charge in [-0.2, -0.15) is 0 Å². The highest BCUT2D eigenvalue weighted by Gasteiger charge is 2.29. The predicted molar refractivity (Wildman–Crippen MR) is 102 cm³/mol. The number of carbonyl (C=O) groups is 1. The molecule has 0 unspecified atom stereocenters. The number of phenolic OH excluding ortho intramolecular Hbond substituents is 2. The van der Waals surface area contributed by atoms with Gasteiger partial charge in [-0.05, 0) is 24.3 Å². The van der Waals surface area contributed by atoms with Crippen molar-refractivity contribution in [3.63, 3.8) is 0 Å². The van der Waals surface area contributed by atoms with Gasteiger partial charge in [0.05, 0.1) is 29.9 Å². The standard InChI is InChI=1S/C20H17ClN2O5/c1-27-12-4-2-3-11(7-12)20(26)23-6-5-16-14(10-23)19(28-22-16)13-8-15(21)18(25)9-17(13)24/h2-4,7-9,24-25H,5-6,10H2,1H3. The minimum absolute atomic E-state index is 0.0815. The molecule has 2 N–H and O–H groups in total. The fraction of sp³-hybridized carbons (Fsp3) is 0.200. The van der Waals surface area contributed by atoms with E-state index in [1.54, 1.807) is 36.3 Å². The second-order valence-electron chi connectivity index (χ2n) is 6.47. The largest absolute Gasteiger partial charge is 0.507 e. The van der Waals surface area contributed by atoms with Crippen LogP contribution in [0.2, 0.25) is 5.02 Å². The van der Waals surface area contributed by atoms with Crippen LogP contribution in [0.15, 0.2) is 40.9 Å². The summed E-state index contributed by atoms with van der Waals surface area (Å²) < 4.78 is 10.6. The molecule has 0 radical (unpaired) electrons. The third-order valence-corrected chi connectivity index (χ3v) is 5.05. The zero-order chi connectivity index (χ0) is 19.8. The molecule has 0 atom stereocenters. The van der Waals surface area contributed by atoms with Gasteiger partial charge >= 0.3 is 0 Å². The molecule has 8 heteroatoms. The maximum absolute atomic E-state index is 12.9. The van der Waals surface area contributed by atoms with Gasteiger partial charge in [-0.25, -0.2) is 0 Å². The molecule has 0 spiro atoms. The van der Waals surface area contributed by atoms with Crippen LogP contribution in [0.1, 0.15) is 21.6 Å². The van der Waals surface area contributed by atoms with Crippen molar-refractivity contribution in [1.29, 1.82) is 0 Å². The smallest absolute Gasteiger partial charge is 0.254 e. The number of aromatic nitrogens is 1. The summed E-state index contributed by atoms with van der Waals surface area (Å²) in [6.45, 7) is 0.777. The molecule has 7 nitrogen and oxygen atoms in total. The van der Waals surface area contributed by atoms with Gasteiger partial charge in [-0.3, -0.25) is 4.79 Å². The minimum atomic E-state index is -0.230. The topological polar surface area (TPSA) is 96.0 Å². The number of rotatable bonds is 3. The Hall–Kier alpha value is -3.19. The molecule has 2 heterocycles. The van der Waals surface area contributed by atoms with E-state index in [9.17, 15) is 15.0 Å². The van der Waals surface area contributed by atoms with Crippen molar-refractivity contribution in [2.45, 2.75) is 13.0 Å². The van der Waals surface area contributed by atoms with E-state index < -0.39 is 0 Å². The van der Waals surface area contributed by atoms with E-state index in [0.717, 1.165) is 11.8 Å². The number of benzene rings is 2. The van der Waals surface area contributed by atoms with Crippen molar-refractivity contribution in [2.24, 2.45) is 0 Å². The van der Waals surface area contributed by atoms with Gasteiger partial charge in [0.25, 0.3) is 5.91 Å². The first-order chi connectivity index (χ1) is 13.5. The number of hydrogen-bond acceptors (Lipinski definition) is 6. The van der Waals surface area contributed by atoms with Crippen molar-refractivity contribution in [3.8, 4) is 28.6 Å². The molecule has 0 saturated heterocycles. The van der Waals surface area contributed by atoms with Crippen LogP contribution in [0.3, 0.4) is 0 Å². The van der Waals surface area contributed by atoms with E-state index in [2.05, 4.69) is 5.16 Å². The Labute approximate surface area is 165 Å². The lowest BCUT2D eigenvalue weighted by Gasteiger charge is -2.26. The summed E-state index contributed by atoms with van der Waals surface area (Å²) in [7, 11) is 1.55. The maximum Gasteiger partial charge on any atom is 0.254 e. The lowest BCUT2D eigenvalue weighted by atomic mass is 10.00. The van der Waals surface area contributed by atoms with Crippen LogP contribution in [0.25, 0.3) is 11.3 Å². The molecular weight excluding hydrogens is 384 g/mol. The minimum Gasteiger partial charge on any atom is -0.507 e. The summed E-state index contributed by atoms with van der Waals surface area (Å²) in [5, 5.41) is 24.0. The van der Waals surface area contributed by atoms with E-state index in [4.69, 9.17) is 20.9 Å². The second-order valence-corrected chi connectivity index (χ2v) is 6.87. The molecule has 3 aromatic rings. The van der Waals surface area contributed by atoms with Crippen LogP contribution in [-0.2, 0) is 13.0 Å². The Balaban J connectivity index is 1.67. The van der Waals surface area contributed by atoms with Crippen molar-refractivity contribution in [1.82, 2.24) is 10.1 Å². The number of carbonyl (C=O) groups excluding carboxylic acids is 1. The van der Waals surface area contributed by atoms with Crippen molar-refractivity contribution >= 4 is 17.5 Å². The van der Waals surface area contributed by atoms with E-state index in [1.807, 2.05) is 0 Å². The summed E-state index contributed by atoms with van der Waals surface area (Å²) in [6.07, 6.45) is 0.529. The van der Waals surface area contributed by atoms with Crippen LogP contribution in [-0.4, -0.2) is 39.8 Å². The highest BCUT2D eigenvalue weighted by molar-refractivity contribution is 6.32. The Morgan fingerprint density at radius 3 is 2.86 bits per heavy atom. The third kappa shape index (κ3) is 3.14. The summed E-state index contributed by atoms with van der Waals surface area (Å²) in [5.74, 6) is 0.392. The van der Waals surface area contributed by atoms with Gasteiger partial charge in [0, 0.05) is 30.2 Å². The molecular formula is C20H17ClN2O5. The first kappa shape index (κ1) is 18.2. The first-order valence-electron chi connectivity index (χ1n) is 8.60. The highest BCUT2D eigenvalue weighted by atomic mass is 35.5. The molecule has 1 aliphatic heterocycles. The van der Waals surface area contributed by atoms with Crippen molar-refractivity contribution < 1.29 is 24.3 Å². The second kappa shape index (κ2) is 7.09. The molecule has 0 fully saturated rings. The average molecular weight is 401 g/mol. The summed E-state index contributed by atoms with van der Waals surface area (Å²) in [5.41, 5.74) is 2.27. The molecule has 1 aromatic heterocycles. The normalized spacial score (nSPS) is 13.3. The van der Waals surface area contributed by atoms with Crippen LogP contribution >= 0.6 is 11.6 Å². The number of aromatic hydroxyl groups is 2. The zero-order valence-electron chi connectivity index (χ0n) is 15.0. The van der Waals surface area contributed by atoms with E-state index >= 15 is 0 Å². The number of ether oxygens (including phenoxy) is 1. The number of amides is 1. The molecule has 144 valence electrons. The van der Waals surface area contributed by atoms with Crippen LogP contribution in [0, 0.1) is 0 Å². The van der Waals surface area contributed by atoms with Crippen LogP contribution in [0.5, 0.6) is 17.2 Å². The SMILES string of the molecule is COc1cccc(C(=O)N2CCc3noc(-c4cc(Cl)c(O)cc4O)c3C2)c1. The zero-order valence-corrected chi connectivity index (χ0v) is 15.7. The van der Waals surface area contributed by atoms with Gasteiger partial charge in [0.2, 0.25) is 0 Å². The third-order valence-electron chi connectivity index (χ3n) is 4.75. The molecule has 0 aliphatic carbocycles.